The minimum absolute atomic E-state index is 0.0590. The maximum absolute atomic E-state index is 11.6. The highest BCUT2D eigenvalue weighted by Crippen LogP contribution is 2.29. The Bertz CT molecular complexity index is 490. The van der Waals surface area contributed by atoms with Gasteiger partial charge in [0.15, 0.2) is 6.04 Å². The number of hydrogen-bond donors (Lipinski definition) is 2. The third-order valence-electron chi connectivity index (χ3n) is 2.70. The molecule has 0 heterocycles. The molecule has 0 aliphatic heterocycles. The van der Waals surface area contributed by atoms with Gasteiger partial charge in [0.1, 0.15) is 5.75 Å². The van der Waals surface area contributed by atoms with Crippen LogP contribution in [-0.2, 0) is 9.59 Å². The molecule has 6 heteroatoms. The fourth-order valence-electron chi connectivity index (χ4n) is 1.86. The van der Waals surface area contributed by atoms with E-state index in [2.05, 4.69) is 0 Å². The molecule has 2 N–H and O–H groups in total. The lowest BCUT2D eigenvalue weighted by molar-refractivity contribution is -0.149. The molecule has 1 aromatic rings. The quantitative estimate of drug-likeness (QED) is 0.871. The maximum atomic E-state index is 11.6. The highest BCUT2D eigenvalue weighted by Gasteiger charge is 2.29. The monoisotopic (exact) mass is 285 g/mol. The first-order valence-electron chi connectivity index (χ1n) is 5.86. The van der Waals surface area contributed by atoms with Crippen molar-refractivity contribution in [2.24, 2.45) is 0 Å². The number of carbonyl (C=O) groups excluding carboxylic acids is 1. The minimum atomic E-state index is -1.13. The molecule has 0 radical (unpaired) electrons. The van der Waals surface area contributed by atoms with Crippen LogP contribution >= 0.6 is 11.6 Å². The second-order valence-corrected chi connectivity index (χ2v) is 4.57. The Morgan fingerprint density at radius 2 is 2.05 bits per heavy atom. The third-order valence-corrected chi connectivity index (χ3v) is 3.00. The van der Waals surface area contributed by atoms with Gasteiger partial charge in [0.25, 0.3) is 0 Å². The van der Waals surface area contributed by atoms with Gasteiger partial charge in [0.05, 0.1) is 5.02 Å². The number of benzene rings is 1. The topological polar surface area (TPSA) is 77.8 Å². The molecule has 1 unspecified atom stereocenters. The molecule has 1 rings (SSSR count). The van der Waals surface area contributed by atoms with E-state index in [4.69, 9.17) is 11.6 Å². The van der Waals surface area contributed by atoms with Crippen molar-refractivity contribution in [1.29, 1.82) is 0 Å². The van der Waals surface area contributed by atoms with E-state index in [9.17, 15) is 19.8 Å². The molecule has 0 aliphatic carbocycles. The molecule has 5 nitrogen and oxygen atoms in total. The fraction of sp³-hybridized carbons (Fsp3) is 0.385. The van der Waals surface area contributed by atoms with Crippen LogP contribution in [0.5, 0.6) is 5.75 Å². The van der Waals surface area contributed by atoms with Crippen LogP contribution < -0.4 is 0 Å². The Morgan fingerprint density at radius 1 is 1.42 bits per heavy atom. The lowest BCUT2D eigenvalue weighted by atomic mass is 10.0. The van der Waals surface area contributed by atoms with Crippen molar-refractivity contribution in [1.82, 2.24) is 4.90 Å². The first kappa shape index (κ1) is 15.3. The number of phenolic OH excluding ortho intramolecular Hbond substituents is 1. The van der Waals surface area contributed by atoms with Gasteiger partial charge in [-0.3, -0.25) is 4.79 Å². The molecule has 0 aromatic heterocycles. The summed E-state index contributed by atoms with van der Waals surface area (Å²) in [5.41, 5.74) is 0.360. The second kappa shape index (κ2) is 6.43. The molecule has 1 aromatic carbocycles. The number of amides is 1. The lowest BCUT2D eigenvalue weighted by Gasteiger charge is -2.28. The van der Waals surface area contributed by atoms with Gasteiger partial charge >= 0.3 is 5.97 Å². The second-order valence-electron chi connectivity index (χ2n) is 4.16. The molecule has 19 heavy (non-hydrogen) atoms. The summed E-state index contributed by atoms with van der Waals surface area (Å²) < 4.78 is 0. The van der Waals surface area contributed by atoms with Gasteiger partial charge in [0.2, 0.25) is 5.91 Å². The van der Waals surface area contributed by atoms with Crippen LogP contribution in [0, 0.1) is 0 Å². The zero-order valence-electron chi connectivity index (χ0n) is 10.8. The molecule has 104 valence electrons. The van der Waals surface area contributed by atoms with E-state index in [1.54, 1.807) is 0 Å². The molecule has 0 saturated heterocycles. The molecule has 1 atom stereocenters. The Morgan fingerprint density at radius 3 is 2.47 bits per heavy atom. The number of carbonyl (C=O) groups is 2. The third kappa shape index (κ3) is 3.61. The SMILES string of the molecule is CCCN(C(C)=O)C(C(=O)O)c1ccc(O)c(Cl)c1. The van der Waals surface area contributed by atoms with Crippen molar-refractivity contribution in [3.05, 3.63) is 28.8 Å². The van der Waals surface area contributed by atoms with Crippen molar-refractivity contribution in [3.8, 4) is 5.75 Å². The van der Waals surface area contributed by atoms with Crippen molar-refractivity contribution in [3.63, 3.8) is 0 Å². The number of aliphatic carboxylic acids is 1. The Labute approximate surface area is 116 Å². The van der Waals surface area contributed by atoms with Crippen molar-refractivity contribution < 1.29 is 19.8 Å². The van der Waals surface area contributed by atoms with Gasteiger partial charge in [-0.15, -0.1) is 0 Å². The van der Waals surface area contributed by atoms with Crippen LogP contribution in [0.15, 0.2) is 18.2 Å². The van der Waals surface area contributed by atoms with Gasteiger partial charge in [-0.1, -0.05) is 24.6 Å². The highest BCUT2D eigenvalue weighted by atomic mass is 35.5. The molecule has 0 saturated carbocycles. The van der Waals surface area contributed by atoms with Crippen molar-refractivity contribution in [2.75, 3.05) is 6.54 Å². The van der Waals surface area contributed by atoms with Crippen LogP contribution in [-0.4, -0.2) is 33.5 Å². The summed E-state index contributed by atoms with van der Waals surface area (Å²) >= 11 is 5.78. The summed E-state index contributed by atoms with van der Waals surface area (Å²) in [6, 6.07) is 3.03. The van der Waals surface area contributed by atoms with E-state index >= 15 is 0 Å². The van der Waals surface area contributed by atoms with E-state index < -0.39 is 12.0 Å². The van der Waals surface area contributed by atoms with Crippen LogP contribution in [0.25, 0.3) is 0 Å². The standard InChI is InChI=1S/C13H16ClNO4/c1-3-6-15(8(2)16)12(13(18)19)9-4-5-11(17)10(14)7-9/h4-5,7,12,17H,3,6H2,1-2H3,(H,18,19). The zero-order chi connectivity index (χ0) is 14.6. The highest BCUT2D eigenvalue weighted by molar-refractivity contribution is 6.32. The summed E-state index contributed by atoms with van der Waals surface area (Å²) in [7, 11) is 0. The zero-order valence-corrected chi connectivity index (χ0v) is 11.5. The average Bonchev–Trinajstić information content (AvgIpc) is 2.32. The summed E-state index contributed by atoms with van der Waals surface area (Å²) in [5, 5.41) is 18.7. The van der Waals surface area contributed by atoms with E-state index in [1.807, 2.05) is 6.92 Å². The largest absolute Gasteiger partial charge is 0.506 e. The number of aromatic hydroxyl groups is 1. The number of rotatable bonds is 5. The van der Waals surface area contributed by atoms with Gasteiger partial charge in [0, 0.05) is 13.5 Å². The minimum Gasteiger partial charge on any atom is -0.506 e. The molecule has 0 fully saturated rings. The number of carboxylic acid groups (broad SMARTS) is 1. The normalized spacial score (nSPS) is 11.9. The van der Waals surface area contributed by atoms with Gasteiger partial charge in [-0.05, 0) is 24.1 Å². The van der Waals surface area contributed by atoms with Crippen LogP contribution in [0.1, 0.15) is 31.9 Å². The Kier molecular flexibility index (Phi) is 5.18. The maximum Gasteiger partial charge on any atom is 0.331 e. The number of halogens is 1. The number of nitrogens with zero attached hydrogens (tertiary/aromatic N) is 1. The first-order chi connectivity index (χ1) is 8.88. The number of carboxylic acids is 1. The molecule has 1 amide bonds. The van der Waals surface area contributed by atoms with Gasteiger partial charge in [-0.2, -0.15) is 0 Å². The summed E-state index contributed by atoms with van der Waals surface area (Å²) in [4.78, 5) is 24.3. The first-order valence-corrected chi connectivity index (χ1v) is 6.24. The number of hydrogen-bond acceptors (Lipinski definition) is 3. The summed E-state index contributed by atoms with van der Waals surface area (Å²) in [6.07, 6.45) is 0.648. The number of phenols is 1. The fourth-order valence-corrected chi connectivity index (χ4v) is 2.05. The summed E-state index contributed by atoms with van der Waals surface area (Å²) in [6.45, 7) is 3.52. The van der Waals surface area contributed by atoms with E-state index in [-0.39, 0.29) is 16.7 Å². The van der Waals surface area contributed by atoms with Gasteiger partial charge in [-0.25, -0.2) is 4.79 Å². The predicted molar refractivity (Wildman–Crippen MR) is 71.2 cm³/mol. The lowest BCUT2D eigenvalue weighted by Crippen LogP contribution is -2.38. The Balaban J connectivity index is 3.21. The predicted octanol–water partition coefficient (Wildman–Crippen LogP) is 2.43. The average molecular weight is 286 g/mol. The van der Waals surface area contributed by atoms with E-state index in [0.717, 1.165) is 0 Å². The van der Waals surface area contributed by atoms with Crippen LogP contribution in [0.4, 0.5) is 0 Å². The summed E-state index contributed by atoms with van der Waals surface area (Å²) in [5.74, 6) is -1.58. The molecular weight excluding hydrogens is 270 g/mol. The van der Waals surface area contributed by atoms with Crippen molar-refractivity contribution in [2.45, 2.75) is 26.3 Å². The van der Waals surface area contributed by atoms with E-state index in [1.165, 1.54) is 30.0 Å². The van der Waals surface area contributed by atoms with Crippen molar-refractivity contribution >= 4 is 23.5 Å². The van der Waals surface area contributed by atoms with E-state index in [0.29, 0.717) is 18.5 Å². The van der Waals surface area contributed by atoms with Gasteiger partial charge < -0.3 is 15.1 Å². The Hall–Kier alpha value is -1.75. The molecular formula is C13H16ClNO4. The molecule has 0 bridgehead atoms. The molecule has 0 spiro atoms. The van der Waals surface area contributed by atoms with Crippen LogP contribution in [0.2, 0.25) is 5.02 Å². The smallest absolute Gasteiger partial charge is 0.331 e. The van der Waals surface area contributed by atoms with Crippen LogP contribution in [0.3, 0.4) is 0 Å². The molecule has 0 aliphatic rings.